The Bertz CT molecular complexity index is 582. The molecule has 2 nitrogen and oxygen atoms in total. The fourth-order valence-corrected chi connectivity index (χ4v) is 2.55. The molecular formula is C13H17BrF4N2S. The van der Waals surface area contributed by atoms with Crippen LogP contribution in [0.1, 0.15) is 33.4 Å². The highest BCUT2D eigenvalue weighted by Gasteiger charge is 2.32. The SMILES string of the molecule is CC.CC.Cc1nc2c(Br)cc(F)cn2c1SC(F)(F)F. The highest BCUT2D eigenvalue weighted by Crippen LogP contribution is 2.39. The minimum atomic E-state index is -4.43. The lowest BCUT2D eigenvalue weighted by atomic mass is 10.4. The van der Waals surface area contributed by atoms with Gasteiger partial charge in [-0.25, -0.2) is 9.37 Å². The Morgan fingerprint density at radius 1 is 1.19 bits per heavy atom. The largest absolute Gasteiger partial charge is 0.447 e. The van der Waals surface area contributed by atoms with Gasteiger partial charge in [-0.3, -0.25) is 4.40 Å². The predicted molar refractivity (Wildman–Crippen MR) is 82.2 cm³/mol. The van der Waals surface area contributed by atoms with Crippen LogP contribution >= 0.6 is 27.7 Å². The van der Waals surface area contributed by atoms with E-state index in [4.69, 9.17) is 0 Å². The molecule has 0 unspecified atom stereocenters. The summed E-state index contributed by atoms with van der Waals surface area (Å²) in [6.07, 6.45) is 0.980. The Labute approximate surface area is 134 Å². The molecule has 120 valence electrons. The van der Waals surface area contributed by atoms with Crippen LogP contribution in [0.4, 0.5) is 17.6 Å². The molecule has 0 fully saturated rings. The second-order valence-corrected chi connectivity index (χ2v) is 5.16. The number of halogens is 5. The van der Waals surface area contributed by atoms with E-state index in [1.165, 1.54) is 6.92 Å². The first-order chi connectivity index (χ1) is 9.78. The lowest BCUT2D eigenvalue weighted by Gasteiger charge is -2.06. The Morgan fingerprint density at radius 2 is 1.71 bits per heavy atom. The minimum Gasteiger partial charge on any atom is -0.290 e. The van der Waals surface area contributed by atoms with Crippen LogP contribution in [0.15, 0.2) is 21.8 Å². The van der Waals surface area contributed by atoms with Crippen molar-refractivity contribution in [3.63, 3.8) is 0 Å². The van der Waals surface area contributed by atoms with Crippen LogP contribution in [-0.4, -0.2) is 14.9 Å². The number of pyridine rings is 1. The van der Waals surface area contributed by atoms with Gasteiger partial charge < -0.3 is 0 Å². The van der Waals surface area contributed by atoms with Gasteiger partial charge in [0.15, 0.2) is 5.65 Å². The number of rotatable bonds is 1. The summed E-state index contributed by atoms with van der Waals surface area (Å²) in [5.74, 6) is -0.634. The third kappa shape index (κ3) is 5.50. The number of imidazole rings is 1. The van der Waals surface area contributed by atoms with E-state index >= 15 is 0 Å². The molecule has 0 amide bonds. The lowest BCUT2D eigenvalue weighted by molar-refractivity contribution is -0.0330. The van der Waals surface area contributed by atoms with E-state index in [2.05, 4.69) is 20.9 Å². The van der Waals surface area contributed by atoms with E-state index in [1.807, 2.05) is 27.7 Å². The molecule has 0 spiro atoms. The average Bonchev–Trinajstić information content (AvgIpc) is 2.71. The van der Waals surface area contributed by atoms with Crippen LogP contribution in [0, 0.1) is 12.7 Å². The third-order valence-corrected chi connectivity index (χ3v) is 3.47. The Hall–Kier alpha value is -0.760. The average molecular weight is 389 g/mol. The lowest BCUT2D eigenvalue weighted by Crippen LogP contribution is -2.02. The summed E-state index contributed by atoms with van der Waals surface area (Å²) in [4.78, 5) is 3.97. The van der Waals surface area contributed by atoms with Gasteiger partial charge in [0, 0.05) is 18.0 Å². The molecule has 8 heteroatoms. The van der Waals surface area contributed by atoms with E-state index in [0.29, 0.717) is 4.47 Å². The van der Waals surface area contributed by atoms with Gasteiger partial charge in [-0.1, -0.05) is 27.7 Å². The van der Waals surface area contributed by atoms with Crippen LogP contribution in [0.5, 0.6) is 0 Å². The Kier molecular flexibility index (Phi) is 8.31. The smallest absolute Gasteiger partial charge is 0.290 e. The molecule has 21 heavy (non-hydrogen) atoms. The van der Waals surface area contributed by atoms with Gasteiger partial charge >= 0.3 is 5.51 Å². The Balaban J connectivity index is 0.000000921. The molecule has 0 aliphatic rings. The third-order valence-electron chi connectivity index (χ3n) is 1.97. The summed E-state index contributed by atoms with van der Waals surface area (Å²) in [5.41, 5.74) is -3.96. The van der Waals surface area contributed by atoms with Crippen molar-refractivity contribution in [2.75, 3.05) is 0 Å². The zero-order chi connectivity index (χ0) is 16.8. The van der Waals surface area contributed by atoms with E-state index in [9.17, 15) is 17.6 Å². The fraction of sp³-hybridized carbons (Fsp3) is 0.462. The molecule has 2 rings (SSSR count). The zero-order valence-electron chi connectivity index (χ0n) is 12.3. The van der Waals surface area contributed by atoms with Crippen molar-refractivity contribution in [3.05, 3.63) is 28.2 Å². The molecule has 0 bridgehead atoms. The summed E-state index contributed by atoms with van der Waals surface area (Å²) in [6.45, 7) is 9.45. The quantitative estimate of drug-likeness (QED) is 0.426. The molecular weight excluding hydrogens is 372 g/mol. The van der Waals surface area contributed by atoms with Crippen molar-refractivity contribution in [2.45, 2.75) is 45.2 Å². The highest BCUT2D eigenvalue weighted by atomic mass is 79.9. The van der Waals surface area contributed by atoms with Gasteiger partial charge in [-0.05, 0) is 28.9 Å². The molecule has 0 aliphatic carbocycles. The summed E-state index contributed by atoms with van der Waals surface area (Å²) < 4.78 is 51.6. The standard InChI is InChI=1S/C9H5BrF4N2S.2C2H6/c1-4-8(17-9(12,13)14)16-3-5(11)2-6(10)7(16)15-4;2*1-2/h2-3H,1H3;2*1-2H3. The van der Waals surface area contributed by atoms with E-state index in [1.54, 1.807) is 0 Å². The zero-order valence-corrected chi connectivity index (χ0v) is 14.7. The molecule has 2 aromatic heterocycles. The number of thioether (sulfide) groups is 1. The van der Waals surface area contributed by atoms with Crippen molar-refractivity contribution >= 4 is 33.3 Å². The minimum absolute atomic E-state index is 0.132. The number of aryl methyl sites for hydroxylation is 1. The molecule has 0 saturated heterocycles. The second-order valence-electron chi connectivity index (χ2n) is 3.25. The van der Waals surface area contributed by atoms with Gasteiger partial charge in [0.2, 0.25) is 0 Å². The number of alkyl halides is 3. The van der Waals surface area contributed by atoms with Crippen LogP contribution < -0.4 is 0 Å². The first-order valence-corrected chi connectivity index (χ1v) is 7.98. The van der Waals surface area contributed by atoms with Crippen molar-refractivity contribution in [1.29, 1.82) is 0 Å². The summed E-state index contributed by atoms with van der Waals surface area (Å²) >= 11 is 2.75. The summed E-state index contributed by atoms with van der Waals surface area (Å²) in [6, 6.07) is 1.16. The second kappa shape index (κ2) is 8.63. The number of hydrogen-bond donors (Lipinski definition) is 0. The maximum atomic E-state index is 13.2. The number of hydrogen-bond acceptors (Lipinski definition) is 2. The van der Waals surface area contributed by atoms with Crippen molar-refractivity contribution < 1.29 is 17.6 Å². The maximum absolute atomic E-state index is 13.2. The van der Waals surface area contributed by atoms with Crippen molar-refractivity contribution in [3.8, 4) is 0 Å². The van der Waals surface area contributed by atoms with E-state index in [-0.39, 0.29) is 28.1 Å². The Morgan fingerprint density at radius 3 is 2.19 bits per heavy atom. The van der Waals surface area contributed by atoms with Crippen molar-refractivity contribution in [2.24, 2.45) is 0 Å². The highest BCUT2D eigenvalue weighted by molar-refractivity contribution is 9.10. The van der Waals surface area contributed by atoms with Crippen LogP contribution in [-0.2, 0) is 0 Å². The van der Waals surface area contributed by atoms with Gasteiger partial charge in [0.25, 0.3) is 0 Å². The fourth-order valence-electron chi connectivity index (χ4n) is 1.40. The number of nitrogens with zero attached hydrogens (tertiary/aromatic N) is 2. The first-order valence-electron chi connectivity index (χ1n) is 6.37. The molecule has 0 aliphatic heterocycles. The molecule has 0 atom stereocenters. The molecule has 2 aromatic rings. The summed E-state index contributed by atoms with van der Waals surface area (Å²) in [7, 11) is 0. The van der Waals surface area contributed by atoms with Gasteiger partial charge in [0.05, 0.1) is 10.2 Å². The van der Waals surface area contributed by atoms with Crippen LogP contribution in [0.3, 0.4) is 0 Å². The van der Waals surface area contributed by atoms with E-state index in [0.717, 1.165) is 16.7 Å². The van der Waals surface area contributed by atoms with E-state index < -0.39 is 11.3 Å². The summed E-state index contributed by atoms with van der Waals surface area (Å²) in [5, 5.41) is -0.132. The van der Waals surface area contributed by atoms with Gasteiger partial charge in [-0.15, -0.1) is 0 Å². The van der Waals surface area contributed by atoms with Gasteiger partial charge in [-0.2, -0.15) is 13.2 Å². The molecule has 0 radical (unpaired) electrons. The van der Waals surface area contributed by atoms with Gasteiger partial charge in [0.1, 0.15) is 10.8 Å². The van der Waals surface area contributed by atoms with Crippen LogP contribution in [0.2, 0.25) is 0 Å². The molecule has 0 saturated carbocycles. The number of fused-ring (bicyclic) bond motifs is 1. The normalized spacial score (nSPS) is 10.6. The van der Waals surface area contributed by atoms with Crippen molar-refractivity contribution in [1.82, 2.24) is 9.38 Å². The molecule has 2 heterocycles. The topological polar surface area (TPSA) is 17.3 Å². The van der Waals surface area contributed by atoms with Crippen LogP contribution in [0.25, 0.3) is 5.65 Å². The monoisotopic (exact) mass is 388 g/mol. The first kappa shape index (κ1) is 20.2. The molecule has 0 aromatic carbocycles. The maximum Gasteiger partial charge on any atom is 0.447 e. The number of aromatic nitrogens is 2. The predicted octanol–water partition coefficient (Wildman–Crippen LogP) is 6.21. The molecule has 0 N–H and O–H groups in total.